The zero-order valence-electron chi connectivity index (χ0n) is 4.82. The molecule has 0 spiro atoms. The summed E-state index contributed by atoms with van der Waals surface area (Å²) in [6.07, 6.45) is 0. The highest BCUT2D eigenvalue weighted by Crippen LogP contribution is 2.21. The molecule has 0 aliphatic carbocycles. The van der Waals surface area contributed by atoms with Gasteiger partial charge in [-0.25, -0.2) is 0 Å². The molecule has 1 aromatic rings. The van der Waals surface area contributed by atoms with Crippen LogP contribution in [-0.2, 0) is 5.33 Å². The Morgan fingerprint density at radius 1 is 1.78 bits per heavy atom. The van der Waals surface area contributed by atoms with Crippen molar-refractivity contribution in [1.82, 2.24) is 4.37 Å². The standard InChI is InChI=1S/C5H5BrINS/c1-3-5(7)4(2-6)8-9-3/h2H2,1H3. The molecule has 0 radical (unpaired) electrons. The Kier molecular flexibility index (Phi) is 2.91. The van der Waals surface area contributed by atoms with Crippen LogP contribution in [0.5, 0.6) is 0 Å². The predicted molar refractivity (Wildman–Crippen MR) is 52.2 cm³/mol. The second-order valence-electron chi connectivity index (χ2n) is 1.63. The molecule has 1 aromatic heterocycles. The first kappa shape index (κ1) is 7.94. The Morgan fingerprint density at radius 2 is 2.44 bits per heavy atom. The molecule has 0 saturated heterocycles. The zero-order valence-corrected chi connectivity index (χ0v) is 9.38. The summed E-state index contributed by atoms with van der Waals surface area (Å²) < 4.78 is 5.52. The van der Waals surface area contributed by atoms with Crippen molar-refractivity contribution in [3.63, 3.8) is 0 Å². The number of halogens is 2. The third-order valence-corrected chi connectivity index (χ3v) is 4.10. The van der Waals surface area contributed by atoms with Gasteiger partial charge in [0.25, 0.3) is 0 Å². The van der Waals surface area contributed by atoms with E-state index >= 15 is 0 Å². The van der Waals surface area contributed by atoms with Crippen molar-refractivity contribution in [1.29, 1.82) is 0 Å². The lowest BCUT2D eigenvalue weighted by atomic mass is 10.4. The Labute approximate surface area is 80.3 Å². The summed E-state index contributed by atoms with van der Waals surface area (Å²) in [4.78, 5) is 1.31. The minimum atomic E-state index is 0.871. The molecular formula is C5H5BrINS. The summed E-state index contributed by atoms with van der Waals surface area (Å²) >= 11 is 7.25. The van der Waals surface area contributed by atoms with E-state index in [0.29, 0.717) is 0 Å². The number of nitrogens with zero attached hydrogens (tertiary/aromatic N) is 1. The average molecular weight is 318 g/mol. The molecule has 0 N–H and O–H groups in total. The van der Waals surface area contributed by atoms with E-state index in [9.17, 15) is 0 Å². The molecule has 0 amide bonds. The summed E-state index contributed by atoms with van der Waals surface area (Å²) in [5, 5.41) is 0.871. The molecule has 0 bridgehead atoms. The lowest BCUT2D eigenvalue weighted by molar-refractivity contribution is 1.28. The van der Waals surface area contributed by atoms with E-state index < -0.39 is 0 Å². The van der Waals surface area contributed by atoms with Crippen molar-refractivity contribution in [3.05, 3.63) is 14.1 Å². The van der Waals surface area contributed by atoms with Crippen LogP contribution in [0.15, 0.2) is 0 Å². The van der Waals surface area contributed by atoms with Crippen molar-refractivity contribution >= 4 is 50.1 Å². The molecule has 1 nitrogen and oxygen atoms in total. The highest BCUT2D eigenvalue weighted by Gasteiger charge is 2.04. The Balaban J connectivity index is 3.04. The van der Waals surface area contributed by atoms with Crippen LogP contribution in [0.1, 0.15) is 10.6 Å². The normalized spacial score (nSPS) is 10.1. The topological polar surface area (TPSA) is 12.9 Å². The van der Waals surface area contributed by atoms with Crippen LogP contribution >= 0.6 is 50.1 Å². The molecule has 0 aromatic carbocycles. The van der Waals surface area contributed by atoms with Gasteiger partial charge in [0, 0.05) is 10.2 Å². The van der Waals surface area contributed by atoms with Crippen LogP contribution in [0, 0.1) is 10.5 Å². The van der Waals surface area contributed by atoms with E-state index in [1.807, 2.05) is 0 Å². The van der Waals surface area contributed by atoms with Gasteiger partial charge in [-0.15, -0.1) is 0 Å². The van der Waals surface area contributed by atoms with Crippen LogP contribution in [0.2, 0.25) is 0 Å². The maximum absolute atomic E-state index is 4.22. The Morgan fingerprint density at radius 3 is 2.67 bits per heavy atom. The average Bonchev–Trinajstić information content (AvgIpc) is 2.15. The third-order valence-electron chi connectivity index (χ3n) is 0.982. The fourth-order valence-corrected chi connectivity index (χ4v) is 2.96. The van der Waals surface area contributed by atoms with Gasteiger partial charge in [0.15, 0.2) is 0 Å². The quantitative estimate of drug-likeness (QED) is 0.573. The maximum Gasteiger partial charge on any atom is 0.0783 e. The van der Waals surface area contributed by atoms with Gasteiger partial charge in [-0.05, 0) is 41.0 Å². The smallest absolute Gasteiger partial charge is 0.0783 e. The molecule has 0 fully saturated rings. The highest BCUT2D eigenvalue weighted by atomic mass is 127. The molecule has 0 unspecified atom stereocenters. The SMILES string of the molecule is Cc1snc(CBr)c1I. The van der Waals surface area contributed by atoms with Crippen LogP contribution in [0.4, 0.5) is 0 Å². The van der Waals surface area contributed by atoms with Crippen LogP contribution in [0.3, 0.4) is 0 Å². The number of alkyl halides is 1. The van der Waals surface area contributed by atoms with Gasteiger partial charge in [0.1, 0.15) is 0 Å². The summed E-state index contributed by atoms with van der Waals surface area (Å²) in [6, 6.07) is 0. The lowest BCUT2D eigenvalue weighted by Gasteiger charge is -1.85. The molecule has 0 aliphatic heterocycles. The van der Waals surface area contributed by atoms with Gasteiger partial charge in [-0.1, -0.05) is 15.9 Å². The molecule has 0 aliphatic rings. The molecular weight excluding hydrogens is 313 g/mol. The molecule has 1 heterocycles. The van der Waals surface area contributed by atoms with Crippen LogP contribution in [0.25, 0.3) is 0 Å². The van der Waals surface area contributed by atoms with Gasteiger partial charge in [-0.3, -0.25) is 0 Å². The molecule has 9 heavy (non-hydrogen) atoms. The predicted octanol–water partition coefficient (Wildman–Crippen LogP) is 2.95. The van der Waals surface area contributed by atoms with Gasteiger partial charge in [-0.2, -0.15) is 4.37 Å². The van der Waals surface area contributed by atoms with Gasteiger partial charge in [0.2, 0.25) is 0 Å². The second-order valence-corrected chi connectivity index (χ2v) is 4.25. The molecule has 4 heteroatoms. The first-order valence-corrected chi connectivity index (χ1v) is 5.39. The van der Waals surface area contributed by atoms with Crippen molar-refractivity contribution in [2.45, 2.75) is 12.3 Å². The van der Waals surface area contributed by atoms with E-state index in [0.717, 1.165) is 11.0 Å². The van der Waals surface area contributed by atoms with Gasteiger partial charge in [0.05, 0.1) is 9.26 Å². The van der Waals surface area contributed by atoms with E-state index in [1.165, 1.54) is 8.45 Å². The third kappa shape index (κ3) is 1.65. The molecule has 50 valence electrons. The zero-order chi connectivity index (χ0) is 6.85. The van der Waals surface area contributed by atoms with Crippen LogP contribution in [-0.4, -0.2) is 4.37 Å². The van der Waals surface area contributed by atoms with Gasteiger partial charge < -0.3 is 0 Å². The van der Waals surface area contributed by atoms with E-state index in [-0.39, 0.29) is 0 Å². The van der Waals surface area contributed by atoms with Crippen LogP contribution < -0.4 is 0 Å². The number of aromatic nitrogens is 1. The summed E-state index contributed by atoms with van der Waals surface area (Å²) in [5.74, 6) is 0. The fraction of sp³-hybridized carbons (Fsp3) is 0.400. The number of hydrogen-bond acceptors (Lipinski definition) is 2. The molecule has 0 atom stereocenters. The van der Waals surface area contributed by atoms with Gasteiger partial charge >= 0.3 is 0 Å². The highest BCUT2D eigenvalue weighted by molar-refractivity contribution is 14.1. The van der Waals surface area contributed by atoms with E-state index in [2.05, 4.69) is 49.8 Å². The number of aryl methyl sites for hydroxylation is 1. The Hall–Kier alpha value is 0.840. The van der Waals surface area contributed by atoms with Crippen molar-refractivity contribution in [2.75, 3.05) is 0 Å². The monoisotopic (exact) mass is 317 g/mol. The van der Waals surface area contributed by atoms with Crippen molar-refractivity contribution in [3.8, 4) is 0 Å². The number of hydrogen-bond donors (Lipinski definition) is 0. The second kappa shape index (κ2) is 3.30. The van der Waals surface area contributed by atoms with Crippen molar-refractivity contribution in [2.24, 2.45) is 0 Å². The Bertz CT molecular complexity index is 211. The summed E-state index contributed by atoms with van der Waals surface area (Å²) in [5.41, 5.74) is 1.16. The minimum Gasteiger partial charge on any atom is -0.195 e. The first-order valence-electron chi connectivity index (χ1n) is 2.42. The summed E-state index contributed by atoms with van der Waals surface area (Å²) in [6.45, 7) is 2.09. The molecule has 0 saturated carbocycles. The van der Waals surface area contributed by atoms with E-state index in [1.54, 1.807) is 11.5 Å². The maximum atomic E-state index is 4.22. The van der Waals surface area contributed by atoms with Crippen molar-refractivity contribution < 1.29 is 0 Å². The molecule has 1 rings (SSSR count). The lowest BCUT2D eigenvalue weighted by Crippen LogP contribution is -1.78. The van der Waals surface area contributed by atoms with E-state index in [4.69, 9.17) is 0 Å². The number of rotatable bonds is 1. The largest absolute Gasteiger partial charge is 0.195 e. The fourth-order valence-electron chi connectivity index (χ4n) is 0.490. The summed E-state index contributed by atoms with van der Waals surface area (Å²) in [7, 11) is 0. The minimum absolute atomic E-state index is 0.871. The first-order chi connectivity index (χ1) is 4.25.